The number of anilines is 2. The fourth-order valence-corrected chi connectivity index (χ4v) is 3.28. The molecule has 3 rings (SSSR count). The molecule has 166 valence electrons. The third kappa shape index (κ3) is 5.35. The lowest BCUT2D eigenvalue weighted by molar-refractivity contribution is 0.125. The molecule has 0 radical (unpaired) electrons. The predicted octanol–water partition coefficient (Wildman–Crippen LogP) is 5.67. The average molecular weight is 447 g/mol. The van der Waals surface area contributed by atoms with Gasteiger partial charge in [-0.05, 0) is 45.5 Å². The predicted molar refractivity (Wildman–Crippen MR) is 123 cm³/mol. The zero-order valence-corrected chi connectivity index (χ0v) is 19.2. The van der Waals surface area contributed by atoms with Crippen LogP contribution in [0.15, 0.2) is 36.7 Å². The second-order valence-corrected chi connectivity index (χ2v) is 8.06. The van der Waals surface area contributed by atoms with Gasteiger partial charge in [-0.15, -0.1) is 0 Å². The second-order valence-electron chi connectivity index (χ2n) is 7.65. The Labute approximate surface area is 187 Å². The van der Waals surface area contributed by atoms with E-state index in [1.807, 2.05) is 6.07 Å². The minimum absolute atomic E-state index is 0.0230. The lowest BCUT2D eigenvalue weighted by Crippen LogP contribution is -2.36. The highest BCUT2D eigenvalue weighted by Gasteiger charge is 2.18. The number of rotatable bonds is 9. The lowest BCUT2D eigenvalue weighted by atomic mass is 10.2. The Balaban J connectivity index is 1.98. The van der Waals surface area contributed by atoms with Gasteiger partial charge in [-0.3, -0.25) is 0 Å². The Kier molecular flexibility index (Phi) is 7.51. The molecular formula is C23H28ClFN4O2. The van der Waals surface area contributed by atoms with Crippen LogP contribution in [0.4, 0.5) is 15.9 Å². The highest BCUT2D eigenvalue weighted by molar-refractivity contribution is 6.31. The molecule has 0 saturated carbocycles. The van der Waals surface area contributed by atoms with Crippen molar-refractivity contribution in [1.82, 2.24) is 14.9 Å². The Morgan fingerprint density at radius 1 is 1.19 bits per heavy atom. The van der Waals surface area contributed by atoms with E-state index in [0.29, 0.717) is 34.3 Å². The summed E-state index contributed by atoms with van der Waals surface area (Å²) in [6.45, 7) is 7.16. The number of methoxy groups -OCH3 is 1. The summed E-state index contributed by atoms with van der Waals surface area (Å²) in [7, 11) is 3.67. The van der Waals surface area contributed by atoms with Gasteiger partial charge in [0, 0.05) is 24.0 Å². The first-order valence-electron chi connectivity index (χ1n) is 10.2. The molecule has 0 amide bonds. The van der Waals surface area contributed by atoms with E-state index in [2.05, 4.69) is 48.0 Å². The van der Waals surface area contributed by atoms with Gasteiger partial charge in [0.05, 0.1) is 23.3 Å². The minimum Gasteiger partial charge on any atom is -0.493 e. The lowest BCUT2D eigenvalue weighted by Gasteiger charge is -2.27. The number of nitrogens with zero attached hydrogens (tertiary/aromatic N) is 3. The zero-order chi connectivity index (χ0) is 22.5. The molecule has 0 spiro atoms. The van der Waals surface area contributed by atoms with E-state index in [-0.39, 0.29) is 16.8 Å². The van der Waals surface area contributed by atoms with Crippen LogP contribution in [0.1, 0.15) is 27.2 Å². The van der Waals surface area contributed by atoms with E-state index < -0.39 is 5.82 Å². The maximum absolute atomic E-state index is 14.4. The number of likely N-dealkylation sites (N-methyl/N-ethyl adjacent to an activating group) is 1. The van der Waals surface area contributed by atoms with Gasteiger partial charge in [0.2, 0.25) is 0 Å². The largest absolute Gasteiger partial charge is 0.493 e. The van der Waals surface area contributed by atoms with Crippen molar-refractivity contribution in [3.8, 4) is 11.5 Å². The van der Waals surface area contributed by atoms with Gasteiger partial charge >= 0.3 is 0 Å². The quantitative estimate of drug-likeness (QED) is 0.456. The fourth-order valence-electron chi connectivity index (χ4n) is 3.10. The van der Waals surface area contributed by atoms with Crippen LogP contribution in [0.2, 0.25) is 5.02 Å². The third-order valence-electron chi connectivity index (χ3n) is 5.25. The highest BCUT2D eigenvalue weighted by atomic mass is 35.5. The van der Waals surface area contributed by atoms with Gasteiger partial charge in [0.1, 0.15) is 18.2 Å². The van der Waals surface area contributed by atoms with Crippen molar-refractivity contribution in [2.45, 2.75) is 39.3 Å². The van der Waals surface area contributed by atoms with Gasteiger partial charge in [-0.2, -0.15) is 0 Å². The van der Waals surface area contributed by atoms with Crippen LogP contribution in [0.5, 0.6) is 11.5 Å². The molecule has 0 aliphatic heterocycles. The number of halogens is 2. The van der Waals surface area contributed by atoms with E-state index in [4.69, 9.17) is 21.1 Å². The van der Waals surface area contributed by atoms with Crippen molar-refractivity contribution in [1.29, 1.82) is 0 Å². The van der Waals surface area contributed by atoms with Gasteiger partial charge in [-0.1, -0.05) is 24.6 Å². The summed E-state index contributed by atoms with van der Waals surface area (Å²) in [6.07, 6.45) is 2.23. The third-order valence-corrected chi connectivity index (χ3v) is 5.54. The van der Waals surface area contributed by atoms with Crippen LogP contribution in [0, 0.1) is 5.82 Å². The molecule has 1 N–H and O–H groups in total. The van der Waals surface area contributed by atoms with E-state index in [9.17, 15) is 4.39 Å². The van der Waals surface area contributed by atoms with Crippen LogP contribution in [0.25, 0.3) is 10.9 Å². The molecule has 0 saturated heterocycles. The van der Waals surface area contributed by atoms with Crippen molar-refractivity contribution in [3.63, 3.8) is 0 Å². The first-order valence-corrected chi connectivity index (χ1v) is 10.6. The molecule has 0 fully saturated rings. The first kappa shape index (κ1) is 23.0. The topological polar surface area (TPSA) is 59.5 Å². The van der Waals surface area contributed by atoms with E-state index in [0.717, 1.165) is 13.0 Å². The smallest absolute Gasteiger partial charge is 0.165 e. The summed E-state index contributed by atoms with van der Waals surface area (Å²) in [6, 6.07) is 8.81. The Morgan fingerprint density at radius 2 is 1.97 bits per heavy atom. The minimum atomic E-state index is -0.538. The molecule has 1 aromatic heterocycles. The number of nitrogens with one attached hydrogen (secondary N) is 1. The number of aromatic nitrogens is 2. The summed E-state index contributed by atoms with van der Waals surface area (Å²) in [4.78, 5) is 10.9. The van der Waals surface area contributed by atoms with Crippen LogP contribution in [-0.4, -0.2) is 47.7 Å². The molecule has 1 heterocycles. The van der Waals surface area contributed by atoms with E-state index in [1.165, 1.54) is 12.4 Å². The molecule has 0 bridgehead atoms. The number of hydrogen-bond acceptors (Lipinski definition) is 6. The Hall–Kier alpha value is -2.64. The molecule has 1 unspecified atom stereocenters. The van der Waals surface area contributed by atoms with Crippen molar-refractivity contribution >= 4 is 34.0 Å². The maximum atomic E-state index is 14.4. The molecule has 6 nitrogen and oxygen atoms in total. The monoisotopic (exact) mass is 446 g/mol. The maximum Gasteiger partial charge on any atom is 0.165 e. The van der Waals surface area contributed by atoms with Gasteiger partial charge in [0.25, 0.3) is 0 Å². The molecule has 0 aliphatic rings. The fraction of sp³-hybridized carbons (Fsp3) is 0.391. The Bertz CT molecular complexity index is 1050. The van der Waals surface area contributed by atoms with Crippen molar-refractivity contribution in [3.05, 3.63) is 47.5 Å². The summed E-state index contributed by atoms with van der Waals surface area (Å²) in [5.74, 6) is 1.08. The number of ether oxygens (including phenoxy) is 2. The molecule has 8 heteroatoms. The molecule has 1 atom stereocenters. The Morgan fingerprint density at radius 3 is 2.65 bits per heavy atom. The summed E-state index contributed by atoms with van der Waals surface area (Å²) in [5, 5.41) is 3.74. The average Bonchev–Trinajstić information content (AvgIpc) is 2.76. The van der Waals surface area contributed by atoms with Crippen LogP contribution >= 0.6 is 11.6 Å². The second kappa shape index (κ2) is 10.1. The van der Waals surface area contributed by atoms with Gasteiger partial charge < -0.3 is 19.7 Å². The van der Waals surface area contributed by atoms with Crippen molar-refractivity contribution in [2.24, 2.45) is 0 Å². The SMILES string of the molecule is CCC(CN(C)C(C)C)Oc1cc2c(Nc3cccc(Cl)c3F)ncnc2cc1OC. The number of benzene rings is 2. The number of fused-ring (bicyclic) bond motifs is 1. The molecule has 0 aliphatic carbocycles. The van der Waals surface area contributed by atoms with E-state index in [1.54, 1.807) is 25.3 Å². The van der Waals surface area contributed by atoms with Crippen LogP contribution in [0.3, 0.4) is 0 Å². The van der Waals surface area contributed by atoms with Crippen molar-refractivity contribution < 1.29 is 13.9 Å². The number of hydrogen-bond donors (Lipinski definition) is 1. The summed E-state index contributed by atoms with van der Waals surface area (Å²) >= 11 is 5.91. The molecule has 31 heavy (non-hydrogen) atoms. The molecular weight excluding hydrogens is 419 g/mol. The van der Waals surface area contributed by atoms with Gasteiger partial charge in [0.15, 0.2) is 17.3 Å². The molecule has 3 aromatic rings. The van der Waals surface area contributed by atoms with Crippen LogP contribution in [-0.2, 0) is 0 Å². The standard InChI is InChI=1S/C23H28ClFN4O2/c1-6-15(12-29(4)14(2)3)31-21-10-16-19(11-20(21)30-5)26-13-27-23(16)28-18-9-7-8-17(24)22(18)25/h7-11,13-15H,6,12H2,1-5H3,(H,26,27,28). The summed E-state index contributed by atoms with van der Waals surface area (Å²) in [5.41, 5.74) is 0.882. The van der Waals surface area contributed by atoms with Gasteiger partial charge in [-0.25, -0.2) is 14.4 Å². The van der Waals surface area contributed by atoms with Crippen LogP contribution < -0.4 is 14.8 Å². The normalized spacial score (nSPS) is 12.4. The zero-order valence-electron chi connectivity index (χ0n) is 18.4. The van der Waals surface area contributed by atoms with E-state index >= 15 is 0 Å². The molecule has 2 aromatic carbocycles. The first-order chi connectivity index (χ1) is 14.8. The summed E-state index contributed by atoms with van der Waals surface area (Å²) < 4.78 is 26.3. The highest BCUT2D eigenvalue weighted by Crippen LogP contribution is 2.36. The van der Waals surface area contributed by atoms with Crippen molar-refractivity contribution in [2.75, 3.05) is 26.0 Å².